The summed E-state index contributed by atoms with van der Waals surface area (Å²) in [6.45, 7) is 0.632. The number of benzene rings is 1. The van der Waals surface area contributed by atoms with Crippen LogP contribution in [0.4, 0.5) is 4.39 Å². The van der Waals surface area contributed by atoms with Gasteiger partial charge in [0.15, 0.2) is 0 Å². The number of rotatable bonds is 4. The van der Waals surface area contributed by atoms with Gasteiger partial charge in [0.2, 0.25) is 0 Å². The molecular weight excluding hydrogens is 207 g/mol. The van der Waals surface area contributed by atoms with E-state index in [2.05, 4.69) is 10.3 Å². The van der Waals surface area contributed by atoms with E-state index in [4.69, 9.17) is 5.73 Å². The normalized spacial score (nSPS) is 10.6. The zero-order valence-electron chi connectivity index (χ0n) is 8.81. The first-order valence-electron chi connectivity index (χ1n) is 5.17. The van der Waals surface area contributed by atoms with Crippen LogP contribution in [0, 0.1) is 5.82 Å². The number of hydrogen-bond acceptors (Lipinski definition) is 3. The summed E-state index contributed by atoms with van der Waals surface area (Å²) in [4.78, 5) is 0. The molecule has 84 valence electrons. The Labute approximate surface area is 92.9 Å². The first kappa shape index (κ1) is 10.8. The molecule has 1 aromatic heterocycles. The van der Waals surface area contributed by atoms with Crippen LogP contribution < -0.4 is 5.73 Å². The lowest BCUT2D eigenvalue weighted by Gasteiger charge is -1.98. The first-order chi connectivity index (χ1) is 7.79. The van der Waals surface area contributed by atoms with Gasteiger partial charge >= 0.3 is 0 Å². The Kier molecular flexibility index (Phi) is 3.26. The fourth-order valence-electron chi connectivity index (χ4n) is 1.44. The van der Waals surface area contributed by atoms with Crippen molar-refractivity contribution in [2.24, 2.45) is 5.73 Å². The Bertz CT molecular complexity index is 467. The van der Waals surface area contributed by atoms with Crippen molar-refractivity contribution in [1.29, 1.82) is 0 Å². The van der Waals surface area contributed by atoms with Crippen LogP contribution in [0.3, 0.4) is 0 Å². The number of nitrogens with two attached hydrogens (primary N) is 1. The molecule has 0 unspecified atom stereocenters. The fourth-order valence-corrected chi connectivity index (χ4v) is 1.44. The molecule has 0 saturated heterocycles. The molecule has 16 heavy (non-hydrogen) atoms. The molecule has 4 nitrogen and oxygen atoms in total. The number of nitrogens with zero attached hydrogens (tertiary/aromatic N) is 3. The summed E-state index contributed by atoms with van der Waals surface area (Å²) in [5.74, 6) is -0.281. The molecule has 1 aromatic carbocycles. The largest absolute Gasteiger partial charge is 0.330 e. The zero-order valence-corrected chi connectivity index (χ0v) is 8.81. The highest BCUT2D eigenvalue weighted by atomic mass is 19.1. The van der Waals surface area contributed by atoms with Gasteiger partial charge in [-0.2, -0.15) is 0 Å². The van der Waals surface area contributed by atoms with Crippen molar-refractivity contribution in [3.63, 3.8) is 0 Å². The first-order valence-corrected chi connectivity index (χ1v) is 5.17. The highest BCUT2D eigenvalue weighted by molar-refractivity contribution is 5.30. The Balaban J connectivity index is 2.18. The number of halogens is 1. The summed E-state index contributed by atoms with van der Waals surface area (Å²) in [7, 11) is 0. The second-order valence-corrected chi connectivity index (χ2v) is 3.53. The number of aryl methyl sites for hydroxylation is 1. The van der Waals surface area contributed by atoms with Crippen LogP contribution in [0.1, 0.15) is 12.1 Å². The van der Waals surface area contributed by atoms with Gasteiger partial charge in [-0.3, -0.25) is 0 Å². The van der Waals surface area contributed by atoms with Gasteiger partial charge in [0.05, 0.1) is 17.6 Å². The Morgan fingerprint density at radius 2 is 2.25 bits per heavy atom. The van der Waals surface area contributed by atoms with E-state index in [0.29, 0.717) is 12.2 Å². The average Bonchev–Trinajstić information content (AvgIpc) is 2.75. The zero-order chi connectivity index (χ0) is 11.4. The quantitative estimate of drug-likeness (QED) is 0.844. The molecule has 0 fully saturated rings. The Morgan fingerprint density at radius 3 is 3.00 bits per heavy atom. The number of hydrogen-bond donors (Lipinski definition) is 1. The van der Waals surface area contributed by atoms with Gasteiger partial charge in [-0.15, -0.1) is 5.10 Å². The Hall–Kier alpha value is -1.75. The molecule has 2 N–H and O–H groups in total. The molecule has 0 radical (unpaired) electrons. The Morgan fingerprint density at radius 1 is 1.38 bits per heavy atom. The summed E-state index contributed by atoms with van der Waals surface area (Å²) < 4.78 is 14.5. The molecule has 0 aliphatic rings. The van der Waals surface area contributed by atoms with E-state index < -0.39 is 0 Å². The molecule has 0 spiro atoms. The third kappa shape index (κ3) is 2.43. The molecule has 1 heterocycles. The predicted octanol–water partition coefficient (Wildman–Crippen LogP) is 1.30. The van der Waals surface area contributed by atoms with Crippen molar-refractivity contribution in [3.05, 3.63) is 42.0 Å². The molecular formula is C11H13FN4. The van der Waals surface area contributed by atoms with Gasteiger partial charge in [0.25, 0.3) is 0 Å². The fraction of sp³-hybridized carbons (Fsp3) is 0.273. The van der Waals surface area contributed by atoms with Gasteiger partial charge in [-0.1, -0.05) is 11.3 Å². The summed E-state index contributed by atoms with van der Waals surface area (Å²) in [6.07, 6.45) is 3.47. The maximum Gasteiger partial charge on any atom is 0.125 e. The van der Waals surface area contributed by atoms with Crippen LogP contribution in [-0.4, -0.2) is 21.5 Å². The molecule has 2 rings (SSSR count). The van der Waals surface area contributed by atoms with Crippen LogP contribution in [-0.2, 0) is 6.42 Å². The minimum atomic E-state index is -0.281. The van der Waals surface area contributed by atoms with Gasteiger partial charge in [-0.25, -0.2) is 9.07 Å². The molecule has 0 saturated carbocycles. The summed E-state index contributed by atoms with van der Waals surface area (Å²) in [6, 6.07) is 6.24. The van der Waals surface area contributed by atoms with Crippen molar-refractivity contribution >= 4 is 0 Å². The topological polar surface area (TPSA) is 56.7 Å². The maximum atomic E-state index is 13.0. The van der Waals surface area contributed by atoms with Gasteiger partial charge in [0, 0.05) is 0 Å². The molecule has 0 aliphatic carbocycles. The molecule has 5 heteroatoms. The standard InChI is InChI=1S/C11H13FN4/c12-9-3-1-5-11(7-9)16-8-10(14-15-16)4-2-6-13/h1,3,5,7-8H,2,4,6,13H2. The summed E-state index contributed by atoms with van der Waals surface area (Å²) >= 11 is 0. The monoisotopic (exact) mass is 220 g/mol. The van der Waals surface area contributed by atoms with E-state index in [1.165, 1.54) is 12.1 Å². The van der Waals surface area contributed by atoms with Gasteiger partial charge < -0.3 is 5.73 Å². The third-order valence-corrected chi connectivity index (χ3v) is 2.25. The van der Waals surface area contributed by atoms with Gasteiger partial charge in [0.1, 0.15) is 5.82 Å². The minimum absolute atomic E-state index is 0.281. The van der Waals surface area contributed by atoms with E-state index in [1.807, 2.05) is 0 Å². The van der Waals surface area contributed by atoms with E-state index in [0.717, 1.165) is 18.5 Å². The smallest absolute Gasteiger partial charge is 0.125 e. The molecule has 2 aromatic rings. The SMILES string of the molecule is NCCCc1cn(-c2cccc(F)c2)nn1. The summed E-state index contributed by atoms with van der Waals surface area (Å²) in [5, 5.41) is 7.93. The maximum absolute atomic E-state index is 13.0. The lowest BCUT2D eigenvalue weighted by molar-refractivity contribution is 0.625. The van der Waals surface area contributed by atoms with Crippen molar-refractivity contribution in [2.75, 3.05) is 6.54 Å². The van der Waals surface area contributed by atoms with Crippen molar-refractivity contribution in [2.45, 2.75) is 12.8 Å². The molecule has 0 amide bonds. The second kappa shape index (κ2) is 4.85. The average molecular weight is 220 g/mol. The lowest BCUT2D eigenvalue weighted by Crippen LogP contribution is -2.00. The van der Waals surface area contributed by atoms with Crippen molar-refractivity contribution < 1.29 is 4.39 Å². The second-order valence-electron chi connectivity index (χ2n) is 3.53. The molecule has 0 bridgehead atoms. The van der Waals surface area contributed by atoms with E-state index in [1.54, 1.807) is 23.0 Å². The van der Waals surface area contributed by atoms with Crippen LogP contribution in [0.2, 0.25) is 0 Å². The van der Waals surface area contributed by atoms with Crippen LogP contribution in [0.5, 0.6) is 0 Å². The molecule has 0 aliphatic heterocycles. The van der Waals surface area contributed by atoms with E-state index in [9.17, 15) is 4.39 Å². The minimum Gasteiger partial charge on any atom is -0.330 e. The van der Waals surface area contributed by atoms with E-state index in [-0.39, 0.29) is 5.82 Å². The molecule has 0 atom stereocenters. The lowest BCUT2D eigenvalue weighted by atomic mass is 10.2. The van der Waals surface area contributed by atoms with Crippen LogP contribution >= 0.6 is 0 Å². The van der Waals surface area contributed by atoms with Crippen LogP contribution in [0.25, 0.3) is 5.69 Å². The number of aromatic nitrogens is 3. The van der Waals surface area contributed by atoms with Crippen LogP contribution in [0.15, 0.2) is 30.5 Å². The highest BCUT2D eigenvalue weighted by Gasteiger charge is 2.02. The van der Waals surface area contributed by atoms with Gasteiger partial charge in [-0.05, 0) is 37.6 Å². The predicted molar refractivity (Wildman–Crippen MR) is 58.7 cm³/mol. The van der Waals surface area contributed by atoms with Crippen molar-refractivity contribution in [1.82, 2.24) is 15.0 Å². The third-order valence-electron chi connectivity index (χ3n) is 2.25. The van der Waals surface area contributed by atoms with Crippen molar-refractivity contribution in [3.8, 4) is 5.69 Å². The summed E-state index contributed by atoms with van der Waals surface area (Å²) in [5.41, 5.74) is 6.95. The van der Waals surface area contributed by atoms with E-state index >= 15 is 0 Å². The highest BCUT2D eigenvalue weighted by Crippen LogP contribution is 2.09.